The smallest absolute Gasteiger partial charge is 0.239 e. The number of amides is 1. The van der Waals surface area contributed by atoms with Crippen molar-refractivity contribution in [2.75, 3.05) is 7.05 Å². The first-order valence-electron chi connectivity index (χ1n) is 7.93. The molecule has 4 nitrogen and oxygen atoms in total. The van der Waals surface area contributed by atoms with Crippen LogP contribution in [0.25, 0.3) is 11.0 Å². The SMILES string of the molecule is CCc1oc2ccccc2c1CN(C)C(=O)[C@@H](N)CC(C)C.Cl. The number of rotatable bonds is 6. The molecule has 0 aliphatic heterocycles. The molecule has 1 aromatic heterocycles. The van der Waals surface area contributed by atoms with Crippen LogP contribution in [-0.4, -0.2) is 23.9 Å². The predicted molar refractivity (Wildman–Crippen MR) is 96.7 cm³/mol. The Morgan fingerprint density at radius 1 is 1.30 bits per heavy atom. The average Bonchev–Trinajstić information content (AvgIpc) is 2.83. The summed E-state index contributed by atoms with van der Waals surface area (Å²) in [5.41, 5.74) is 7.98. The molecule has 1 atom stereocenters. The van der Waals surface area contributed by atoms with E-state index in [0.29, 0.717) is 18.9 Å². The van der Waals surface area contributed by atoms with E-state index in [9.17, 15) is 4.79 Å². The number of furan rings is 1. The van der Waals surface area contributed by atoms with Crippen LogP contribution >= 0.6 is 12.4 Å². The van der Waals surface area contributed by atoms with Gasteiger partial charge in [-0.25, -0.2) is 0 Å². The molecule has 0 aliphatic rings. The van der Waals surface area contributed by atoms with Crippen molar-refractivity contribution in [3.63, 3.8) is 0 Å². The van der Waals surface area contributed by atoms with E-state index in [0.717, 1.165) is 28.7 Å². The second kappa shape index (κ2) is 8.37. The molecule has 2 aromatic rings. The minimum atomic E-state index is -0.437. The molecule has 1 heterocycles. The van der Waals surface area contributed by atoms with Gasteiger partial charge < -0.3 is 15.1 Å². The number of fused-ring (bicyclic) bond motifs is 1. The molecular weight excluding hydrogens is 312 g/mol. The standard InChI is InChI=1S/C18H26N2O2.ClH/c1-5-16-14(13-8-6-7-9-17(13)22-16)11-20(4)18(21)15(19)10-12(2)3;/h6-9,12,15H,5,10-11,19H2,1-4H3;1H/t15-;/m0./s1. The summed E-state index contributed by atoms with van der Waals surface area (Å²) in [4.78, 5) is 14.1. The van der Waals surface area contributed by atoms with Crippen molar-refractivity contribution >= 4 is 29.3 Å². The highest BCUT2D eigenvalue weighted by Crippen LogP contribution is 2.27. The quantitative estimate of drug-likeness (QED) is 0.872. The zero-order valence-electron chi connectivity index (χ0n) is 14.3. The number of hydrogen-bond acceptors (Lipinski definition) is 3. The number of likely N-dealkylation sites (N-methyl/N-ethyl adjacent to an activating group) is 1. The molecule has 0 aliphatic carbocycles. The maximum Gasteiger partial charge on any atom is 0.239 e. The van der Waals surface area contributed by atoms with Gasteiger partial charge in [-0.05, 0) is 18.4 Å². The van der Waals surface area contributed by atoms with Crippen LogP contribution in [0, 0.1) is 5.92 Å². The first kappa shape index (κ1) is 19.5. The predicted octanol–water partition coefficient (Wildman–Crippen LogP) is 3.75. The molecule has 2 N–H and O–H groups in total. The van der Waals surface area contributed by atoms with Crippen LogP contribution in [0.15, 0.2) is 28.7 Å². The molecule has 23 heavy (non-hydrogen) atoms. The van der Waals surface area contributed by atoms with Gasteiger partial charge in [0.2, 0.25) is 5.91 Å². The van der Waals surface area contributed by atoms with E-state index < -0.39 is 6.04 Å². The Kier molecular flexibility index (Phi) is 7.10. The number of benzene rings is 1. The monoisotopic (exact) mass is 338 g/mol. The second-order valence-corrected chi connectivity index (χ2v) is 6.28. The summed E-state index contributed by atoms with van der Waals surface area (Å²) in [5.74, 6) is 1.34. The number of nitrogens with zero attached hydrogens (tertiary/aromatic N) is 1. The maximum atomic E-state index is 12.4. The van der Waals surface area contributed by atoms with Crippen molar-refractivity contribution in [1.82, 2.24) is 4.90 Å². The van der Waals surface area contributed by atoms with Gasteiger partial charge >= 0.3 is 0 Å². The van der Waals surface area contributed by atoms with Gasteiger partial charge in [-0.3, -0.25) is 4.79 Å². The molecule has 128 valence electrons. The Morgan fingerprint density at radius 2 is 1.96 bits per heavy atom. The molecule has 0 saturated heterocycles. The Hall–Kier alpha value is -1.52. The lowest BCUT2D eigenvalue weighted by Gasteiger charge is -2.22. The fourth-order valence-electron chi connectivity index (χ4n) is 2.82. The molecule has 0 unspecified atom stereocenters. The van der Waals surface area contributed by atoms with Gasteiger partial charge in [-0.2, -0.15) is 0 Å². The summed E-state index contributed by atoms with van der Waals surface area (Å²) < 4.78 is 5.88. The third-order valence-electron chi connectivity index (χ3n) is 3.92. The highest BCUT2D eigenvalue weighted by molar-refractivity contribution is 5.85. The number of carbonyl (C=O) groups is 1. The Labute approximate surface area is 144 Å². The molecule has 0 saturated carbocycles. The highest BCUT2D eigenvalue weighted by atomic mass is 35.5. The van der Waals surface area contributed by atoms with Gasteiger partial charge in [0, 0.05) is 31.0 Å². The minimum Gasteiger partial charge on any atom is -0.461 e. The molecule has 5 heteroatoms. The molecule has 1 amide bonds. The summed E-state index contributed by atoms with van der Waals surface area (Å²) in [6, 6.07) is 7.52. The molecule has 0 radical (unpaired) electrons. The van der Waals surface area contributed by atoms with Crippen LogP contribution in [0.2, 0.25) is 0 Å². The summed E-state index contributed by atoms with van der Waals surface area (Å²) >= 11 is 0. The van der Waals surface area contributed by atoms with Gasteiger partial charge in [0.1, 0.15) is 11.3 Å². The minimum absolute atomic E-state index is 0. The Morgan fingerprint density at radius 3 is 2.57 bits per heavy atom. The maximum absolute atomic E-state index is 12.4. The van der Waals surface area contributed by atoms with E-state index in [1.54, 1.807) is 4.90 Å². The van der Waals surface area contributed by atoms with Crippen molar-refractivity contribution in [2.45, 2.75) is 46.2 Å². The van der Waals surface area contributed by atoms with E-state index in [1.165, 1.54) is 0 Å². The van der Waals surface area contributed by atoms with Gasteiger partial charge in [0.05, 0.1) is 6.04 Å². The van der Waals surface area contributed by atoms with Crippen molar-refractivity contribution in [3.05, 3.63) is 35.6 Å². The molecule has 0 bridgehead atoms. The van der Waals surface area contributed by atoms with E-state index >= 15 is 0 Å². The third-order valence-corrected chi connectivity index (χ3v) is 3.92. The zero-order valence-corrected chi connectivity index (χ0v) is 15.2. The van der Waals surface area contributed by atoms with Gasteiger partial charge in [0.15, 0.2) is 0 Å². The van der Waals surface area contributed by atoms with Crippen LogP contribution in [0.5, 0.6) is 0 Å². The largest absolute Gasteiger partial charge is 0.461 e. The van der Waals surface area contributed by atoms with E-state index in [1.807, 2.05) is 31.3 Å². The molecular formula is C18H27ClN2O2. The second-order valence-electron chi connectivity index (χ2n) is 6.28. The topological polar surface area (TPSA) is 59.5 Å². The number of carbonyl (C=O) groups excluding carboxylic acids is 1. The van der Waals surface area contributed by atoms with E-state index in [-0.39, 0.29) is 18.3 Å². The van der Waals surface area contributed by atoms with Gasteiger partial charge in [-0.15, -0.1) is 12.4 Å². The Balaban J connectivity index is 0.00000264. The summed E-state index contributed by atoms with van der Waals surface area (Å²) in [5, 5.41) is 1.08. The van der Waals surface area contributed by atoms with Crippen LogP contribution < -0.4 is 5.73 Å². The number of hydrogen-bond donors (Lipinski definition) is 1. The average molecular weight is 339 g/mol. The van der Waals surface area contributed by atoms with Crippen molar-refractivity contribution in [2.24, 2.45) is 11.7 Å². The lowest BCUT2D eigenvalue weighted by atomic mass is 10.0. The van der Waals surface area contributed by atoms with E-state index in [2.05, 4.69) is 20.8 Å². The number of aryl methyl sites for hydroxylation is 1. The van der Waals surface area contributed by atoms with Crippen LogP contribution in [0.3, 0.4) is 0 Å². The molecule has 1 aromatic carbocycles. The first-order valence-corrected chi connectivity index (χ1v) is 7.93. The lowest BCUT2D eigenvalue weighted by molar-refractivity contribution is -0.132. The molecule has 0 fully saturated rings. The lowest BCUT2D eigenvalue weighted by Crippen LogP contribution is -2.42. The van der Waals surface area contributed by atoms with Crippen molar-refractivity contribution in [3.8, 4) is 0 Å². The number of para-hydroxylation sites is 1. The third kappa shape index (κ3) is 4.49. The van der Waals surface area contributed by atoms with Crippen LogP contribution in [-0.2, 0) is 17.8 Å². The summed E-state index contributed by atoms with van der Waals surface area (Å²) in [6.45, 7) is 6.75. The summed E-state index contributed by atoms with van der Waals surface area (Å²) in [7, 11) is 1.81. The van der Waals surface area contributed by atoms with Gasteiger partial charge in [0.25, 0.3) is 0 Å². The summed E-state index contributed by atoms with van der Waals surface area (Å²) in [6.07, 6.45) is 1.51. The van der Waals surface area contributed by atoms with Gasteiger partial charge in [-0.1, -0.05) is 39.0 Å². The van der Waals surface area contributed by atoms with E-state index in [4.69, 9.17) is 10.2 Å². The highest BCUT2D eigenvalue weighted by Gasteiger charge is 2.22. The van der Waals surface area contributed by atoms with Crippen LogP contribution in [0.4, 0.5) is 0 Å². The normalized spacial score (nSPS) is 12.3. The number of halogens is 1. The zero-order chi connectivity index (χ0) is 16.3. The van der Waals surface area contributed by atoms with Crippen molar-refractivity contribution < 1.29 is 9.21 Å². The van der Waals surface area contributed by atoms with Crippen molar-refractivity contribution in [1.29, 1.82) is 0 Å². The molecule has 2 rings (SSSR count). The number of nitrogens with two attached hydrogens (primary N) is 1. The molecule has 0 spiro atoms. The fourth-order valence-corrected chi connectivity index (χ4v) is 2.82. The van der Waals surface area contributed by atoms with Crippen LogP contribution in [0.1, 0.15) is 38.5 Å². The fraction of sp³-hybridized carbons (Fsp3) is 0.500. The Bertz CT molecular complexity index is 652. The first-order chi connectivity index (χ1) is 10.4.